The summed E-state index contributed by atoms with van der Waals surface area (Å²) in [5, 5.41) is 20.8. The fourth-order valence-electron chi connectivity index (χ4n) is 10.0. The Bertz CT molecular complexity index is 3260. The Balaban J connectivity index is 1.41. The molecule has 2 nitrogen and oxygen atoms in total. The van der Waals surface area contributed by atoms with E-state index in [1.807, 2.05) is 0 Å². The van der Waals surface area contributed by atoms with Crippen molar-refractivity contribution in [3.05, 3.63) is 182 Å². The van der Waals surface area contributed by atoms with Gasteiger partial charge in [-0.1, -0.05) is 133 Å². The highest BCUT2D eigenvalue weighted by Gasteiger charge is 2.32. The van der Waals surface area contributed by atoms with E-state index >= 15 is 0 Å². The Labute approximate surface area is 309 Å². The zero-order valence-electron chi connectivity index (χ0n) is 29.2. The van der Waals surface area contributed by atoms with E-state index in [1.54, 1.807) is 0 Å². The number of pyridine rings is 4. The van der Waals surface area contributed by atoms with Gasteiger partial charge in [-0.3, -0.25) is 0 Å². The number of aromatic nitrogens is 2. The minimum atomic E-state index is 1.15. The molecule has 0 radical (unpaired) electrons. The first-order valence-electron chi connectivity index (χ1n) is 18.8. The van der Waals surface area contributed by atoms with Crippen LogP contribution in [-0.4, -0.2) is 0 Å². The highest BCUT2D eigenvalue weighted by atomic mass is 14.9. The van der Waals surface area contributed by atoms with Crippen molar-refractivity contribution in [2.45, 2.75) is 0 Å². The number of nitrogens with zero attached hydrogens (tertiary/aromatic N) is 2. The predicted octanol–water partition coefficient (Wildman–Crippen LogP) is 12.6. The van der Waals surface area contributed by atoms with Gasteiger partial charge in [-0.05, 0) is 44.8 Å². The smallest absolute Gasteiger partial charge is 0.166 e. The second-order valence-electron chi connectivity index (χ2n) is 14.8. The van der Waals surface area contributed by atoms with Crippen LogP contribution in [0.4, 0.5) is 0 Å². The third-order valence-corrected chi connectivity index (χ3v) is 12.2. The van der Waals surface area contributed by atoms with Gasteiger partial charge in [-0.25, -0.2) is 0 Å². The second-order valence-corrected chi connectivity index (χ2v) is 14.8. The summed E-state index contributed by atoms with van der Waals surface area (Å²) in [4.78, 5) is 0. The third-order valence-electron chi connectivity index (χ3n) is 12.2. The van der Waals surface area contributed by atoms with Crippen molar-refractivity contribution in [3.8, 4) is 16.8 Å². The van der Waals surface area contributed by atoms with Crippen molar-refractivity contribution in [3.63, 3.8) is 0 Å². The lowest BCUT2D eigenvalue weighted by molar-refractivity contribution is -0.592. The molecule has 13 aromatic rings. The molecule has 0 spiro atoms. The normalized spacial score (nSPS) is 12.4. The molecule has 0 amide bonds. The average molecular weight is 683 g/mol. The number of para-hydroxylation sites is 1. The van der Waals surface area contributed by atoms with Gasteiger partial charge in [0.1, 0.15) is 0 Å². The van der Waals surface area contributed by atoms with Crippen LogP contribution in [0.1, 0.15) is 0 Å². The van der Waals surface area contributed by atoms with Crippen molar-refractivity contribution in [1.82, 2.24) is 0 Å². The molecule has 0 aliphatic carbocycles. The van der Waals surface area contributed by atoms with Crippen LogP contribution in [0.15, 0.2) is 182 Å². The zero-order valence-corrected chi connectivity index (χ0v) is 29.2. The number of fused-ring (bicyclic) bond motifs is 14. The molecule has 0 aliphatic rings. The van der Waals surface area contributed by atoms with E-state index in [4.69, 9.17) is 0 Å². The first-order valence-corrected chi connectivity index (χ1v) is 18.8. The van der Waals surface area contributed by atoms with Crippen molar-refractivity contribution in [2.75, 3.05) is 0 Å². The summed E-state index contributed by atoms with van der Waals surface area (Å²) in [5.74, 6) is 0. The van der Waals surface area contributed by atoms with E-state index in [-0.39, 0.29) is 0 Å². The van der Waals surface area contributed by atoms with E-state index in [9.17, 15) is 0 Å². The minimum absolute atomic E-state index is 1.15. The van der Waals surface area contributed by atoms with Crippen molar-refractivity contribution in [1.29, 1.82) is 0 Å². The Morgan fingerprint density at radius 1 is 0.278 bits per heavy atom. The number of benzene rings is 9. The molecule has 9 aromatic carbocycles. The van der Waals surface area contributed by atoms with E-state index in [0.29, 0.717) is 0 Å². The van der Waals surface area contributed by atoms with Crippen molar-refractivity contribution >= 4 is 103 Å². The molecule has 13 rings (SSSR count). The van der Waals surface area contributed by atoms with Gasteiger partial charge in [0.15, 0.2) is 12.4 Å². The van der Waals surface area contributed by atoms with Gasteiger partial charge in [0.25, 0.3) is 0 Å². The molecule has 0 fully saturated rings. The molecule has 4 aromatic heterocycles. The molecule has 0 unspecified atom stereocenters. The van der Waals surface area contributed by atoms with Crippen LogP contribution in [0, 0.1) is 0 Å². The maximum absolute atomic E-state index is 2.60. The SMILES string of the molecule is c1ccc(-c2cc3c4ccccc4c4c5c6ccccc6c6c[n+](-c7ccccc7)cc7c8ccccc8c(c5c67)c5c6ccccc6c(c2)[n+]3c45)cc1. The molecule has 246 valence electrons. The number of hydrogen-bond donors (Lipinski definition) is 0. The molecule has 0 saturated heterocycles. The molecule has 0 saturated carbocycles. The fourth-order valence-corrected chi connectivity index (χ4v) is 10.0. The predicted molar refractivity (Wildman–Crippen MR) is 226 cm³/mol. The Kier molecular flexibility index (Phi) is 5.39. The topological polar surface area (TPSA) is 7.98 Å². The van der Waals surface area contributed by atoms with Crippen molar-refractivity contribution in [2.24, 2.45) is 0 Å². The molecular formula is C52H30N2+2. The fraction of sp³-hybridized carbons (Fsp3) is 0. The lowest BCUT2D eigenvalue weighted by Crippen LogP contribution is -2.29. The maximum atomic E-state index is 2.60. The molecule has 4 heterocycles. The van der Waals surface area contributed by atoms with Gasteiger partial charge in [0.2, 0.25) is 22.2 Å². The quantitative estimate of drug-likeness (QED) is 0.0974. The van der Waals surface area contributed by atoms with E-state index in [0.717, 1.165) is 5.69 Å². The standard InChI is InChI=1S/C52H30N2/c1-3-15-31(16-4-1)32-27-44-36-21-9-13-25-40(36)49-47-38-23-11-7-19-34(38)42-29-53(33-17-5-2-6-18-33)30-43-35-20-8-12-24-39(35)48(51(47)46(42)43)50-41-26-14-10-22-37(41)45(28-32)54(44)52(49)50/h1-30H/q+2. The number of rotatable bonds is 2. The maximum Gasteiger partial charge on any atom is 0.228 e. The minimum Gasteiger partial charge on any atom is -0.166 e. The lowest BCUT2D eigenvalue weighted by atomic mass is 9.81. The lowest BCUT2D eigenvalue weighted by Gasteiger charge is -2.21. The van der Waals surface area contributed by atoms with Gasteiger partial charge in [0, 0.05) is 56.6 Å². The van der Waals surface area contributed by atoms with E-state index in [2.05, 4.69) is 191 Å². The van der Waals surface area contributed by atoms with Crippen LogP contribution < -0.4 is 8.97 Å². The second kappa shape index (κ2) is 10.2. The van der Waals surface area contributed by atoms with Crippen LogP contribution in [0.25, 0.3) is 120 Å². The van der Waals surface area contributed by atoms with E-state index in [1.165, 1.54) is 114 Å². The highest BCUT2D eigenvalue weighted by molar-refractivity contribution is 6.50. The van der Waals surface area contributed by atoms with Gasteiger partial charge in [0.05, 0.1) is 32.3 Å². The first kappa shape index (κ1) is 28.4. The summed E-state index contributed by atoms with van der Waals surface area (Å²) in [6.45, 7) is 0. The summed E-state index contributed by atoms with van der Waals surface area (Å²) in [6.07, 6.45) is 4.74. The van der Waals surface area contributed by atoms with Crippen LogP contribution in [0.5, 0.6) is 0 Å². The van der Waals surface area contributed by atoms with Crippen LogP contribution in [0.2, 0.25) is 0 Å². The summed E-state index contributed by atoms with van der Waals surface area (Å²) < 4.78 is 4.93. The molecule has 0 atom stereocenters. The molecule has 0 N–H and O–H groups in total. The molecule has 2 heteroatoms. The Morgan fingerprint density at radius 3 is 1.19 bits per heavy atom. The first-order chi connectivity index (χ1) is 26.8. The Morgan fingerprint density at radius 2 is 0.685 bits per heavy atom. The molecular weight excluding hydrogens is 653 g/mol. The molecule has 54 heavy (non-hydrogen) atoms. The Hall–Kier alpha value is -7.16. The van der Waals surface area contributed by atoms with Crippen molar-refractivity contribution < 1.29 is 8.97 Å². The molecule has 0 aliphatic heterocycles. The average Bonchev–Trinajstić information content (AvgIpc) is 3.25. The summed E-state index contributed by atoms with van der Waals surface area (Å²) in [7, 11) is 0. The third kappa shape index (κ3) is 3.50. The zero-order chi connectivity index (χ0) is 35.1. The van der Waals surface area contributed by atoms with Gasteiger partial charge < -0.3 is 0 Å². The van der Waals surface area contributed by atoms with Crippen LogP contribution >= 0.6 is 0 Å². The van der Waals surface area contributed by atoms with Crippen LogP contribution in [0.3, 0.4) is 0 Å². The van der Waals surface area contributed by atoms with E-state index < -0.39 is 0 Å². The van der Waals surface area contributed by atoms with Gasteiger partial charge >= 0.3 is 0 Å². The van der Waals surface area contributed by atoms with Gasteiger partial charge in [-0.2, -0.15) is 8.97 Å². The largest absolute Gasteiger partial charge is 0.228 e. The number of hydrogen-bond acceptors (Lipinski definition) is 0. The monoisotopic (exact) mass is 682 g/mol. The summed E-state index contributed by atoms with van der Waals surface area (Å²) >= 11 is 0. The van der Waals surface area contributed by atoms with Crippen LogP contribution in [-0.2, 0) is 0 Å². The summed E-state index contributed by atoms with van der Waals surface area (Å²) in [5.41, 5.74) is 7.36. The summed E-state index contributed by atoms with van der Waals surface area (Å²) in [6, 6.07) is 62.9. The van der Waals surface area contributed by atoms with Gasteiger partial charge in [-0.15, -0.1) is 0 Å². The molecule has 0 bridgehead atoms. The highest BCUT2D eigenvalue weighted by Crippen LogP contribution is 2.51.